The Balaban J connectivity index is 1.55. The smallest absolute Gasteiger partial charge is 0.290 e. The van der Waals surface area contributed by atoms with E-state index in [4.69, 9.17) is 16.0 Å². The van der Waals surface area contributed by atoms with Crippen molar-refractivity contribution in [3.05, 3.63) is 70.9 Å². The third kappa shape index (κ3) is 3.76. The lowest BCUT2D eigenvalue weighted by atomic mass is 10.0. The van der Waals surface area contributed by atoms with E-state index in [1.807, 2.05) is 36.2 Å². The molecule has 1 aliphatic rings. The number of amides is 1. The van der Waals surface area contributed by atoms with E-state index in [0.29, 0.717) is 29.7 Å². The van der Waals surface area contributed by atoms with Crippen LogP contribution in [-0.2, 0) is 13.5 Å². The standard InChI is InChI=1S/C20H21ClN4O2/c1-24-10-8-22-18(24)20(26)25-9-3-2-7-17(25)19-23-13-16(27-19)12-14-5-4-6-15(21)11-14/h4-6,8,10-11,13,17H,2-3,7,9,12H2,1H3. The Morgan fingerprint density at radius 1 is 1.33 bits per heavy atom. The minimum Gasteiger partial charge on any atom is -0.443 e. The van der Waals surface area contributed by atoms with Gasteiger partial charge in [-0.2, -0.15) is 0 Å². The number of carbonyl (C=O) groups is 1. The summed E-state index contributed by atoms with van der Waals surface area (Å²) in [6.07, 6.45) is 8.64. The van der Waals surface area contributed by atoms with Crippen molar-refractivity contribution in [2.24, 2.45) is 7.05 Å². The van der Waals surface area contributed by atoms with Gasteiger partial charge in [-0.25, -0.2) is 9.97 Å². The van der Waals surface area contributed by atoms with Crippen LogP contribution in [0.5, 0.6) is 0 Å². The third-order valence-corrected chi connectivity index (χ3v) is 5.14. The average molecular weight is 385 g/mol. The monoisotopic (exact) mass is 384 g/mol. The number of hydrogen-bond donors (Lipinski definition) is 0. The molecule has 3 aromatic rings. The molecular weight excluding hydrogens is 364 g/mol. The maximum absolute atomic E-state index is 13.0. The molecule has 6 nitrogen and oxygen atoms in total. The maximum Gasteiger partial charge on any atom is 0.290 e. The molecule has 0 saturated carbocycles. The number of piperidine rings is 1. The Morgan fingerprint density at radius 3 is 3.00 bits per heavy atom. The number of halogens is 1. The lowest BCUT2D eigenvalue weighted by molar-refractivity contribution is 0.0554. The van der Waals surface area contributed by atoms with E-state index in [9.17, 15) is 4.79 Å². The van der Waals surface area contributed by atoms with Crippen LogP contribution >= 0.6 is 11.6 Å². The summed E-state index contributed by atoms with van der Waals surface area (Å²) in [4.78, 5) is 23.5. The van der Waals surface area contributed by atoms with Crippen LogP contribution in [0.2, 0.25) is 5.02 Å². The van der Waals surface area contributed by atoms with Crippen LogP contribution in [0.4, 0.5) is 0 Å². The molecule has 1 amide bonds. The van der Waals surface area contributed by atoms with Crippen LogP contribution in [0.15, 0.2) is 47.3 Å². The van der Waals surface area contributed by atoms with E-state index in [0.717, 1.165) is 30.6 Å². The second-order valence-electron chi connectivity index (χ2n) is 6.84. The molecule has 140 valence electrons. The zero-order valence-electron chi connectivity index (χ0n) is 15.1. The number of nitrogens with zero attached hydrogens (tertiary/aromatic N) is 4. The van der Waals surface area contributed by atoms with Gasteiger partial charge in [-0.05, 0) is 37.0 Å². The first kappa shape index (κ1) is 17.8. The van der Waals surface area contributed by atoms with Gasteiger partial charge in [0.25, 0.3) is 5.91 Å². The Morgan fingerprint density at radius 2 is 2.22 bits per heavy atom. The van der Waals surface area contributed by atoms with Crippen LogP contribution in [0.25, 0.3) is 0 Å². The Labute approximate surface area is 162 Å². The summed E-state index contributed by atoms with van der Waals surface area (Å²) >= 11 is 6.06. The largest absolute Gasteiger partial charge is 0.443 e. The zero-order valence-corrected chi connectivity index (χ0v) is 15.9. The summed E-state index contributed by atoms with van der Waals surface area (Å²) in [6, 6.07) is 7.53. The molecule has 0 spiro atoms. The molecule has 0 bridgehead atoms. The van der Waals surface area contributed by atoms with Gasteiger partial charge < -0.3 is 13.9 Å². The minimum atomic E-state index is -0.156. The molecule has 1 saturated heterocycles. The summed E-state index contributed by atoms with van der Waals surface area (Å²) in [7, 11) is 1.83. The fourth-order valence-corrected chi connectivity index (χ4v) is 3.75. The van der Waals surface area contributed by atoms with Gasteiger partial charge in [-0.15, -0.1) is 0 Å². The van der Waals surface area contributed by atoms with Crippen LogP contribution in [0.1, 0.15) is 53.1 Å². The molecule has 1 aliphatic heterocycles. The molecule has 0 aliphatic carbocycles. The first-order chi connectivity index (χ1) is 13.1. The van der Waals surface area contributed by atoms with Crippen LogP contribution in [-0.4, -0.2) is 31.9 Å². The van der Waals surface area contributed by atoms with Gasteiger partial charge >= 0.3 is 0 Å². The molecule has 1 unspecified atom stereocenters. The molecule has 0 N–H and O–H groups in total. The van der Waals surface area contributed by atoms with Gasteiger partial charge in [0.05, 0.1) is 6.20 Å². The van der Waals surface area contributed by atoms with Crippen molar-refractivity contribution in [1.82, 2.24) is 19.4 Å². The van der Waals surface area contributed by atoms with E-state index in [1.165, 1.54) is 0 Å². The summed E-state index contributed by atoms with van der Waals surface area (Å²) in [5.41, 5.74) is 1.06. The normalized spacial score (nSPS) is 17.3. The second kappa shape index (κ2) is 7.56. The molecule has 1 aromatic carbocycles. The number of aromatic nitrogens is 3. The average Bonchev–Trinajstić information content (AvgIpc) is 3.30. The van der Waals surface area contributed by atoms with Crippen molar-refractivity contribution in [1.29, 1.82) is 0 Å². The predicted molar refractivity (Wildman–Crippen MR) is 102 cm³/mol. The number of hydrogen-bond acceptors (Lipinski definition) is 4. The summed E-state index contributed by atoms with van der Waals surface area (Å²) < 4.78 is 7.76. The highest BCUT2D eigenvalue weighted by Gasteiger charge is 2.33. The summed E-state index contributed by atoms with van der Waals surface area (Å²) in [5.74, 6) is 1.71. The topological polar surface area (TPSA) is 64.2 Å². The second-order valence-corrected chi connectivity index (χ2v) is 7.28. The summed E-state index contributed by atoms with van der Waals surface area (Å²) in [5, 5.41) is 0.700. The Bertz CT molecular complexity index is 949. The van der Waals surface area contributed by atoms with Gasteiger partial charge in [0.1, 0.15) is 11.8 Å². The number of likely N-dealkylation sites (tertiary alicyclic amines) is 1. The number of benzene rings is 1. The molecule has 27 heavy (non-hydrogen) atoms. The van der Waals surface area contributed by atoms with Gasteiger partial charge in [0.2, 0.25) is 5.89 Å². The molecule has 3 heterocycles. The van der Waals surface area contributed by atoms with Gasteiger partial charge in [0, 0.05) is 37.4 Å². The van der Waals surface area contributed by atoms with Crippen molar-refractivity contribution in [3.8, 4) is 0 Å². The highest BCUT2D eigenvalue weighted by Crippen LogP contribution is 2.32. The van der Waals surface area contributed by atoms with E-state index in [-0.39, 0.29) is 11.9 Å². The van der Waals surface area contributed by atoms with Crippen molar-refractivity contribution >= 4 is 17.5 Å². The highest BCUT2D eigenvalue weighted by molar-refractivity contribution is 6.30. The number of oxazole rings is 1. The maximum atomic E-state index is 13.0. The predicted octanol–water partition coefficient (Wildman–Crippen LogP) is 4.02. The highest BCUT2D eigenvalue weighted by atomic mass is 35.5. The van der Waals surface area contributed by atoms with Gasteiger partial charge in [0.15, 0.2) is 5.82 Å². The van der Waals surface area contributed by atoms with Crippen LogP contribution < -0.4 is 0 Å². The van der Waals surface area contributed by atoms with E-state index >= 15 is 0 Å². The molecule has 1 atom stereocenters. The molecule has 4 rings (SSSR count). The number of aryl methyl sites for hydroxylation is 1. The van der Waals surface area contributed by atoms with Crippen LogP contribution in [0.3, 0.4) is 0 Å². The fraction of sp³-hybridized carbons (Fsp3) is 0.350. The number of rotatable bonds is 4. The lowest BCUT2D eigenvalue weighted by Gasteiger charge is -2.33. The SMILES string of the molecule is Cn1ccnc1C(=O)N1CCCCC1c1ncc(Cc2cccc(Cl)c2)o1. The Hall–Kier alpha value is -2.60. The van der Waals surface area contributed by atoms with Gasteiger partial charge in [-0.3, -0.25) is 4.79 Å². The molecule has 1 fully saturated rings. The van der Waals surface area contributed by atoms with E-state index < -0.39 is 0 Å². The lowest BCUT2D eigenvalue weighted by Crippen LogP contribution is -2.39. The summed E-state index contributed by atoms with van der Waals surface area (Å²) in [6.45, 7) is 0.683. The third-order valence-electron chi connectivity index (χ3n) is 4.90. The minimum absolute atomic E-state index is 0.0817. The van der Waals surface area contributed by atoms with E-state index in [2.05, 4.69) is 9.97 Å². The molecule has 0 radical (unpaired) electrons. The fourth-order valence-electron chi connectivity index (χ4n) is 3.54. The van der Waals surface area contributed by atoms with E-state index in [1.54, 1.807) is 23.2 Å². The number of imidazole rings is 1. The van der Waals surface area contributed by atoms with Crippen molar-refractivity contribution in [2.45, 2.75) is 31.7 Å². The van der Waals surface area contributed by atoms with Crippen LogP contribution in [0, 0.1) is 0 Å². The van der Waals surface area contributed by atoms with Crippen molar-refractivity contribution in [2.75, 3.05) is 6.54 Å². The van der Waals surface area contributed by atoms with Gasteiger partial charge in [-0.1, -0.05) is 23.7 Å². The zero-order chi connectivity index (χ0) is 18.8. The van der Waals surface area contributed by atoms with Crippen molar-refractivity contribution < 1.29 is 9.21 Å². The molecular formula is C20H21ClN4O2. The first-order valence-corrected chi connectivity index (χ1v) is 9.47. The van der Waals surface area contributed by atoms with Crippen molar-refractivity contribution in [3.63, 3.8) is 0 Å². The molecule has 2 aromatic heterocycles. The number of carbonyl (C=O) groups excluding carboxylic acids is 1. The Kier molecular flexibility index (Phi) is 4.99. The quantitative estimate of drug-likeness (QED) is 0.681. The molecule has 7 heteroatoms. The first-order valence-electron chi connectivity index (χ1n) is 9.09.